The Hall–Kier alpha value is -2.88. The van der Waals surface area contributed by atoms with Crippen molar-refractivity contribution < 1.29 is 4.79 Å². The van der Waals surface area contributed by atoms with Crippen molar-refractivity contribution >= 4 is 22.6 Å². The van der Waals surface area contributed by atoms with Crippen LogP contribution >= 0.6 is 0 Å². The number of nitrogens with two attached hydrogens (primary N) is 1. The lowest BCUT2D eigenvalue weighted by molar-refractivity contribution is 0.0951. The molecule has 104 valence electrons. The van der Waals surface area contributed by atoms with Crippen LogP contribution in [0.1, 0.15) is 15.9 Å². The quantitative estimate of drug-likeness (QED) is 0.773. The van der Waals surface area contributed by atoms with Gasteiger partial charge in [0.2, 0.25) is 0 Å². The predicted octanol–water partition coefficient (Wildman–Crippen LogP) is 2.75. The van der Waals surface area contributed by atoms with Gasteiger partial charge in [-0.2, -0.15) is 0 Å². The van der Waals surface area contributed by atoms with Gasteiger partial charge >= 0.3 is 0 Å². The number of nitrogens with one attached hydrogen (secondary N) is 1. The molecule has 1 aromatic heterocycles. The van der Waals surface area contributed by atoms with E-state index in [1.807, 2.05) is 42.5 Å². The molecule has 4 heteroatoms. The van der Waals surface area contributed by atoms with Crippen molar-refractivity contribution in [2.75, 3.05) is 5.73 Å². The molecule has 1 amide bonds. The number of benzene rings is 2. The Morgan fingerprint density at radius 1 is 1.05 bits per heavy atom. The molecule has 3 aromatic rings. The lowest BCUT2D eigenvalue weighted by atomic mass is 10.1. The topological polar surface area (TPSA) is 68.0 Å². The number of anilines is 1. The molecule has 0 aliphatic rings. The smallest absolute Gasteiger partial charge is 0.251 e. The molecule has 0 spiro atoms. The normalized spacial score (nSPS) is 10.5. The average molecular weight is 277 g/mol. The molecule has 4 nitrogen and oxygen atoms in total. The molecule has 0 bridgehead atoms. The molecule has 0 saturated heterocycles. The average Bonchev–Trinajstić information content (AvgIpc) is 2.53. The summed E-state index contributed by atoms with van der Waals surface area (Å²) in [5.41, 5.74) is 8.17. The fourth-order valence-electron chi connectivity index (χ4n) is 2.16. The van der Waals surface area contributed by atoms with Crippen molar-refractivity contribution in [2.45, 2.75) is 6.54 Å². The van der Waals surface area contributed by atoms with Gasteiger partial charge in [0.15, 0.2) is 0 Å². The molecule has 0 radical (unpaired) electrons. The molecular formula is C17H15N3O. The highest BCUT2D eigenvalue weighted by atomic mass is 16.1. The van der Waals surface area contributed by atoms with Gasteiger partial charge in [0.05, 0.1) is 5.52 Å². The van der Waals surface area contributed by atoms with E-state index < -0.39 is 0 Å². The van der Waals surface area contributed by atoms with Gasteiger partial charge in [-0.05, 0) is 35.9 Å². The summed E-state index contributed by atoms with van der Waals surface area (Å²) in [7, 11) is 0. The van der Waals surface area contributed by atoms with Crippen LogP contribution < -0.4 is 11.1 Å². The largest absolute Gasteiger partial charge is 0.384 e. The zero-order valence-corrected chi connectivity index (χ0v) is 11.4. The number of nitrogen functional groups attached to an aromatic ring is 1. The van der Waals surface area contributed by atoms with Crippen molar-refractivity contribution in [3.8, 4) is 0 Å². The van der Waals surface area contributed by atoms with Gasteiger partial charge < -0.3 is 11.1 Å². The Balaban J connectivity index is 1.75. The fourth-order valence-corrected chi connectivity index (χ4v) is 2.16. The standard InChI is InChI=1S/C17H15N3O/c18-16-9-8-13-7-6-12(10-15(13)20-16)11-19-17(21)14-4-2-1-3-5-14/h1-10H,11H2,(H2,18,20)(H,19,21). The van der Waals surface area contributed by atoms with E-state index in [0.717, 1.165) is 16.5 Å². The van der Waals surface area contributed by atoms with E-state index in [4.69, 9.17) is 5.73 Å². The number of amides is 1. The Kier molecular flexibility index (Phi) is 3.51. The number of aromatic nitrogens is 1. The van der Waals surface area contributed by atoms with Gasteiger partial charge in [0.25, 0.3) is 5.91 Å². The number of carbonyl (C=O) groups excluding carboxylic acids is 1. The van der Waals surface area contributed by atoms with E-state index in [-0.39, 0.29) is 5.91 Å². The summed E-state index contributed by atoms with van der Waals surface area (Å²) in [6.07, 6.45) is 0. The lowest BCUT2D eigenvalue weighted by Gasteiger charge is -2.06. The first-order valence-corrected chi connectivity index (χ1v) is 6.71. The number of hydrogen-bond donors (Lipinski definition) is 2. The SMILES string of the molecule is Nc1ccc2ccc(CNC(=O)c3ccccc3)cc2n1. The lowest BCUT2D eigenvalue weighted by Crippen LogP contribution is -2.22. The maximum Gasteiger partial charge on any atom is 0.251 e. The Morgan fingerprint density at radius 2 is 1.81 bits per heavy atom. The van der Waals surface area contributed by atoms with Crippen LogP contribution in [0.15, 0.2) is 60.7 Å². The zero-order valence-electron chi connectivity index (χ0n) is 11.4. The van der Waals surface area contributed by atoms with Gasteiger partial charge in [-0.1, -0.05) is 30.3 Å². The third kappa shape index (κ3) is 3.00. The minimum atomic E-state index is -0.0868. The van der Waals surface area contributed by atoms with Crippen LogP contribution in [-0.2, 0) is 6.54 Å². The van der Waals surface area contributed by atoms with Crippen LogP contribution in [-0.4, -0.2) is 10.9 Å². The summed E-state index contributed by atoms with van der Waals surface area (Å²) < 4.78 is 0. The van der Waals surface area contributed by atoms with E-state index >= 15 is 0 Å². The van der Waals surface area contributed by atoms with Crippen LogP contribution in [0.4, 0.5) is 5.82 Å². The first-order chi connectivity index (χ1) is 10.2. The monoisotopic (exact) mass is 277 g/mol. The maximum absolute atomic E-state index is 12.0. The molecule has 0 fully saturated rings. The predicted molar refractivity (Wildman–Crippen MR) is 83.8 cm³/mol. The second-order valence-electron chi connectivity index (χ2n) is 4.81. The second-order valence-corrected chi connectivity index (χ2v) is 4.81. The highest BCUT2D eigenvalue weighted by Crippen LogP contribution is 2.15. The van der Waals surface area contributed by atoms with E-state index in [2.05, 4.69) is 10.3 Å². The minimum Gasteiger partial charge on any atom is -0.384 e. The van der Waals surface area contributed by atoms with Gasteiger partial charge in [-0.3, -0.25) is 4.79 Å². The van der Waals surface area contributed by atoms with Crippen molar-refractivity contribution in [3.05, 3.63) is 71.8 Å². The minimum absolute atomic E-state index is 0.0868. The van der Waals surface area contributed by atoms with E-state index in [0.29, 0.717) is 17.9 Å². The Labute approximate surface area is 122 Å². The second kappa shape index (κ2) is 5.63. The third-order valence-corrected chi connectivity index (χ3v) is 3.27. The van der Waals surface area contributed by atoms with Crippen LogP contribution in [0.2, 0.25) is 0 Å². The molecule has 0 aliphatic carbocycles. The summed E-state index contributed by atoms with van der Waals surface area (Å²) >= 11 is 0. The number of carbonyl (C=O) groups is 1. The summed E-state index contributed by atoms with van der Waals surface area (Å²) in [5.74, 6) is 0.407. The Bertz CT molecular complexity index is 784. The molecular weight excluding hydrogens is 262 g/mol. The summed E-state index contributed by atoms with van der Waals surface area (Å²) in [4.78, 5) is 16.3. The zero-order chi connectivity index (χ0) is 14.7. The Morgan fingerprint density at radius 3 is 2.62 bits per heavy atom. The molecule has 2 aromatic carbocycles. The van der Waals surface area contributed by atoms with Crippen molar-refractivity contribution in [1.82, 2.24) is 10.3 Å². The molecule has 1 heterocycles. The first kappa shape index (κ1) is 13.1. The van der Waals surface area contributed by atoms with Crippen molar-refractivity contribution in [1.29, 1.82) is 0 Å². The van der Waals surface area contributed by atoms with Crippen molar-refractivity contribution in [2.24, 2.45) is 0 Å². The van der Waals surface area contributed by atoms with E-state index in [1.54, 1.807) is 18.2 Å². The van der Waals surface area contributed by atoms with Crippen LogP contribution in [0.5, 0.6) is 0 Å². The highest BCUT2D eigenvalue weighted by Gasteiger charge is 2.04. The summed E-state index contributed by atoms with van der Waals surface area (Å²) in [6, 6.07) is 18.8. The molecule has 3 rings (SSSR count). The number of rotatable bonds is 3. The highest BCUT2D eigenvalue weighted by molar-refractivity contribution is 5.94. The van der Waals surface area contributed by atoms with Gasteiger partial charge in [0, 0.05) is 17.5 Å². The molecule has 3 N–H and O–H groups in total. The molecule has 0 unspecified atom stereocenters. The van der Waals surface area contributed by atoms with Crippen LogP contribution in [0.25, 0.3) is 10.9 Å². The molecule has 21 heavy (non-hydrogen) atoms. The van der Waals surface area contributed by atoms with E-state index in [1.165, 1.54) is 0 Å². The molecule has 0 atom stereocenters. The number of nitrogens with zero attached hydrogens (tertiary/aromatic N) is 1. The molecule has 0 aliphatic heterocycles. The summed E-state index contributed by atoms with van der Waals surface area (Å²) in [6.45, 7) is 0.458. The van der Waals surface area contributed by atoms with E-state index in [9.17, 15) is 4.79 Å². The molecule has 0 saturated carbocycles. The number of hydrogen-bond acceptors (Lipinski definition) is 3. The summed E-state index contributed by atoms with van der Waals surface area (Å²) in [5, 5.41) is 3.93. The number of fused-ring (bicyclic) bond motifs is 1. The first-order valence-electron chi connectivity index (χ1n) is 6.71. The van der Waals surface area contributed by atoms with Crippen molar-refractivity contribution in [3.63, 3.8) is 0 Å². The maximum atomic E-state index is 12.0. The third-order valence-electron chi connectivity index (χ3n) is 3.27. The van der Waals surface area contributed by atoms with Gasteiger partial charge in [-0.25, -0.2) is 4.98 Å². The van der Waals surface area contributed by atoms with Crippen LogP contribution in [0, 0.1) is 0 Å². The fraction of sp³-hybridized carbons (Fsp3) is 0.0588. The number of pyridine rings is 1. The van der Waals surface area contributed by atoms with Gasteiger partial charge in [-0.15, -0.1) is 0 Å². The van der Waals surface area contributed by atoms with Gasteiger partial charge in [0.1, 0.15) is 5.82 Å². The van der Waals surface area contributed by atoms with Crippen LogP contribution in [0.3, 0.4) is 0 Å².